The number of rotatable bonds is 6. The maximum Gasteiger partial charge on any atom is 0.255 e. The number of carbonyl (C=O) groups excluding carboxylic acids is 1. The van der Waals surface area contributed by atoms with E-state index in [1.54, 1.807) is 6.92 Å². The molecule has 8 nitrogen and oxygen atoms in total. The van der Waals surface area contributed by atoms with Gasteiger partial charge in [-0.15, -0.1) is 0 Å². The molecule has 1 saturated carbocycles. The van der Waals surface area contributed by atoms with E-state index in [-0.39, 0.29) is 18.0 Å². The lowest BCUT2D eigenvalue weighted by atomic mass is 10.1. The SMILES string of the molecule is CCc1cc(CNC(=O)c2c(C)oc3ncnc(NC4(C)CC4)c23)no1. The van der Waals surface area contributed by atoms with Gasteiger partial charge in [0.2, 0.25) is 5.71 Å². The van der Waals surface area contributed by atoms with Gasteiger partial charge in [0.25, 0.3) is 5.91 Å². The average molecular weight is 355 g/mol. The highest BCUT2D eigenvalue weighted by Crippen LogP contribution is 2.40. The Morgan fingerprint density at radius 3 is 2.85 bits per heavy atom. The molecule has 0 unspecified atom stereocenters. The number of furan rings is 1. The summed E-state index contributed by atoms with van der Waals surface area (Å²) in [6, 6.07) is 1.84. The van der Waals surface area contributed by atoms with Crippen molar-refractivity contribution in [2.45, 2.75) is 52.1 Å². The zero-order chi connectivity index (χ0) is 18.3. The van der Waals surface area contributed by atoms with Gasteiger partial charge in [0.15, 0.2) is 0 Å². The lowest BCUT2D eigenvalue weighted by Crippen LogP contribution is -2.24. The summed E-state index contributed by atoms with van der Waals surface area (Å²) in [6.45, 7) is 6.15. The van der Waals surface area contributed by atoms with E-state index in [1.165, 1.54) is 6.33 Å². The van der Waals surface area contributed by atoms with Crippen molar-refractivity contribution in [1.82, 2.24) is 20.4 Å². The summed E-state index contributed by atoms with van der Waals surface area (Å²) in [4.78, 5) is 21.3. The summed E-state index contributed by atoms with van der Waals surface area (Å²) in [7, 11) is 0. The van der Waals surface area contributed by atoms with E-state index in [0.717, 1.165) is 25.0 Å². The molecule has 1 amide bonds. The molecule has 3 heterocycles. The van der Waals surface area contributed by atoms with Crippen LogP contribution in [0.25, 0.3) is 11.1 Å². The third kappa shape index (κ3) is 3.02. The minimum atomic E-state index is -0.249. The van der Waals surface area contributed by atoms with Crippen LogP contribution in [-0.4, -0.2) is 26.6 Å². The molecule has 8 heteroatoms. The van der Waals surface area contributed by atoms with Crippen LogP contribution < -0.4 is 10.6 Å². The third-order valence-electron chi connectivity index (χ3n) is 4.70. The lowest BCUT2D eigenvalue weighted by molar-refractivity contribution is 0.0950. The quantitative estimate of drug-likeness (QED) is 0.700. The molecule has 0 spiro atoms. The summed E-state index contributed by atoms with van der Waals surface area (Å²) < 4.78 is 10.8. The average Bonchev–Trinajstić information content (AvgIpc) is 3.05. The van der Waals surface area contributed by atoms with Gasteiger partial charge in [0, 0.05) is 18.0 Å². The summed E-state index contributed by atoms with van der Waals surface area (Å²) in [6.07, 6.45) is 4.35. The number of hydrogen-bond donors (Lipinski definition) is 2. The lowest BCUT2D eigenvalue weighted by Gasteiger charge is -2.13. The minimum Gasteiger partial charge on any atom is -0.442 e. The Morgan fingerprint density at radius 2 is 2.15 bits per heavy atom. The third-order valence-corrected chi connectivity index (χ3v) is 4.70. The van der Waals surface area contributed by atoms with Crippen molar-refractivity contribution in [2.75, 3.05) is 5.32 Å². The van der Waals surface area contributed by atoms with Crippen molar-refractivity contribution in [3.8, 4) is 0 Å². The molecule has 0 radical (unpaired) electrons. The summed E-state index contributed by atoms with van der Waals surface area (Å²) in [5, 5.41) is 10.8. The fourth-order valence-corrected chi connectivity index (χ4v) is 2.88. The van der Waals surface area contributed by atoms with Crippen LogP contribution in [0.1, 0.15) is 54.3 Å². The Balaban J connectivity index is 1.62. The Hall–Kier alpha value is -2.90. The fraction of sp³-hybridized carbons (Fsp3) is 0.444. The van der Waals surface area contributed by atoms with Crippen LogP contribution in [-0.2, 0) is 13.0 Å². The molecule has 0 bridgehead atoms. The predicted molar refractivity (Wildman–Crippen MR) is 94.9 cm³/mol. The molecule has 0 aliphatic heterocycles. The second kappa shape index (κ2) is 6.12. The number of carbonyl (C=O) groups is 1. The summed E-state index contributed by atoms with van der Waals surface area (Å²) >= 11 is 0. The normalized spacial score (nSPS) is 15.2. The molecule has 0 atom stereocenters. The Morgan fingerprint density at radius 1 is 1.35 bits per heavy atom. The van der Waals surface area contributed by atoms with Crippen molar-refractivity contribution >= 4 is 22.8 Å². The van der Waals surface area contributed by atoms with E-state index in [4.69, 9.17) is 8.94 Å². The molecule has 1 fully saturated rings. The molecular formula is C18H21N5O3. The van der Waals surface area contributed by atoms with Crippen LogP contribution in [0, 0.1) is 6.92 Å². The van der Waals surface area contributed by atoms with Crippen molar-refractivity contribution < 1.29 is 13.7 Å². The Labute approximate surface area is 150 Å². The van der Waals surface area contributed by atoms with Crippen LogP contribution in [0.3, 0.4) is 0 Å². The number of anilines is 1. The Bertz CT molecular complexity index is 971. The number of aromatic nitrogens is 3. The molecule has 26 heavy (non-hydrogen) atoms. The van der Waals surface area contributed by atoms with Gasteiger partial charge >= 0.3 is 0 Å². The molecule has 1 aliphatic carbocycles. The molecule has 0 aromatic carbocycles. The second-order valence-electron chi connectivity index (χ2n) is 6.94. The molecule has 3 aromatic rings. The van der Waals surface area contributed by atoms with E-state index in [0.29, 0.717) is 33.9 Å². The molecule has 0 saturated heterocycles. The van der Waals surface area contributed by atoms with Gasteiger partial charge in [0.05, 0.1) is 17.5 Å². The summed E-state index contributed by atoms with van der Waals surface area (Å²) in [5.41, 5.74) is 1.56. The maximum absolute atomic E-state index is 12.8. The first-order valence-electron chi connectivity index (χ1n) is 8.74. The van der Waals surface area contributed by atoms with E-state index < -0.39 is 0 Å². The number of amides is 1. The topological polar surface area (TPSA) is 106 Å². The number of nitrogens with one attached hydrogen (secondary N) is 2. The summed E-state index contributed by atoms with van der Waals surface area (Å²) in [5.74, 6) is 1.68. The van der Waals surface area contributed by atoms with Crippen molar-refractivity contribution in [1.29, 1.82) is 0 Å². The zero-order valence-electron chi connectivity index (χ0n) is 15.0. The van der Waals surface area contributed by atoms with Crippen LogP contribution in [0.4, 0.5) is 5.82 Å². The van der Waals surface area contributed by atoms with E-state index in [1.807, 2.05) is 13.0 Å². The second-order valence-corrected chi connectivity index (χ2v) is 6.94. The van der Waals surface area contributed by atoms with Gasteiger partial charge in [-0.1, -0.05) is 12.1 Å². The number of nitrogens with zero attached hydrogens (tertiary/aromatic N) is 3. The molecule has 136 valence electrons. The van der Waals surface area contributed by atoms with Gasteiger partial charge in [-0.3, -0.25) is 4.79 Å². The highest BCUT2D eigenvalue weighted by molar-refractivity contribution is 6.10. The minimum absolute atomic E-state index is 0.0253. The molecule has 1 aliphatic rings. The van der Waals surface area contributed by atoms with Gasteiger partial charge in [0.1, 0.15) is 29.4 Å². The molecule has 3 aromatic heterocycles. The van der Waals surface area contributed by atoms with E-state index >= 15 is 0 Å². The van der Waals surface area contributed by atoms with Crippen LogP contribution in [0.2, 0.25) is 0 Å². The van der Waals surface area contributed by atoms with Crippen molar-refractivity contribution in [2.24, 2.45) is 0 Å². The number of aryl methyl sites for hydroxylation is 2. The van der Waals surface area contributed by atoms with Gasteiger partial charge < -0.3 is 19.6 Å². The largest absolute Gasteiger partial charge is 0.442 e. The Kier molecular flexibility index (Phi) is 3.90. The highest BCUT2D eigenvalue weighted by atomic mass is 16.5. The molecular weight excluding hydrogens is 334 g/mol. The van der Waals surface area contributed by atoms with E-state index in [2.05, 4.69) is 32.7 Å². The first-order chi connectivity index (χ1) is 12.5. The van der Waals surface area contributed by atoms with Gasteiger partial charge in [-0.05, 0) is 26.7 Å². The van der Waals surface area contributed by atoms with Crippen LogP contribution in [0.15, 0.2) is 21.3 Å². The number of hydrogen-bond acceptors (Lipinski definition) is 7. The van der Waals surface area contributed by atoms with Crippen molar-refractivity contribution in [3.63, 3.8) is 0 Å². The first-order valence-corrected chi connectivity index (χ1v) is 8.74. The van der Waals surface area contributed by atoms with Crippen molar-refractivity contribution in [3.05, 3.63) is 35.2 Å². The molecule has 2 N–H and O–H groups in total. The monoisotopic (exact) mass is 355 g/mol. The molecule has 4 rings (SSSR count). The van der Waals surface area contributed by atoms with Crippen LogP contribution >= 0.6 is 0 Å². The van der Waals surface area contributed by atoms with Gasteiger partial charge in [-0.2, -0.15) is 0 Å². The standard InChI is InChI=1S/C18H21N5O3/c1-4-12-7-11(23-26-12)8-19-16(24)13-10(2)25-17-14(13)15(20-9-21-17)22-18(3)5-6-18/h7,9H,4-6,8H2,1-3H3,(H,19,24)(H,20,21,22). The smallest absolute Gasteiger partial charge is 0.255 e. The number of fused-ring (bicyclic) bond motifs is 1. The predicted octanol–water partition coefficient (Wildman–Crippen LogP) is 2.98. The zero-order valence-corrected chi connectivity index (χ0v) is 15.0. The van der Waals surface area contributed by atoms with E-state index in [9.17, 15) is 4.79 Å². The highest BCUT2D eigenvalue weighted by Gasteiger charge is 2.38. The van der Waals surface area contributed by atoms with Gasteiger partial charge in [-0.25, -0.2) is 9.97 Å². The maximum atomic E-state index is 12.8. The first kappa shape index (κ1) is 16.6. The fourth-order valence-electron chi connectivity index (χ4n) is 2.88. The van der Waals surface area contributed by atoms with Crippen LogP contribution in [0.5, 0.6) is 0 Å².